The van der Waals surface area contributed by atoms with Crippen molar-refractivity contribution in [3.8, 4) is 11.5 Å². The maximum absolute atomic E-state index is 13.2. The third-order valence-corrected chi connectivity index (χ3v) is 4.74. The lowest BCUT2D eigenvalue weighted by molar-refractivity contribution is -0.125. The number of rotatable bonds is 3. The SMILES string of the molecule is O=C(Nc1ccc2c(c1)OCO2)C1(c2ccccc2)CCOCC1. The van der Waals surface area contributed by atoms with Gasteiger partial charge in [-0.2, -0.15) is 0 Å². The summed E-state index contributed by atoms with van der Waals surface area (Å²) >= 11 is 0. The molecule has 5 heteroatoms. The highest BCUT2D eigenvalue weighted by atomic mass is 16.7. The number of hydrogen-bond acceptors (Lipinski definition) is 4. The first-order chi connectivity index (χ1) is 11.8. The van der Waals surface area contributed by atoms with E-state index >= 15 is 0 Å². The molecule has 0 unspecified atom stereocenters. The van der Waals surface area contributed by atoms with Gasteiger partial charge in [0.05, 0.1) is 5.41 Å². The normalized spacial score (nSPS) is 18.2. The Morgan fingerprint density at radius 3 is 2.50 bits per heavy atom. The van der Waals surface area contributed by atoms with Crippen LogP contribution < -0.4 is 14.8 Å². The summed E-state index contributed by atoms with van der Waals surface area (Å²) in [6.07, 6.45) is 1.35. The van der Waals surface area contributed by atoms with E-state index in [4.69, 9.17) is 14.2 Å². The van der Waals surface area contributed by atoms with Gasteiger partial charge >= 0.3 is 0 Å². The summed E-state index contributed by atoms with van der Waals surface area (Å²) in [5.41, 5.74) is 1.19. The first-order valence-electron chi connectivity index (χ1n) is 8.12. The van der Waals surface area contributed by atoms with Gasteiger partial charge in [0, 0.05) is 25.0 Å². The molecule has 24 heavy (non-hydrogen) atoms. The Labute approximate surface area is 140 Å². The van der Waals surface area contributed by atoms with Crippen LogP contribution in [0.25, 0.3) is 0 Å². The lowest BCUT2D eigenvalue weighted by Crippen LogP contribution is -2.44. The Balaban J connectivity index is 1.62. The molecule has 2 aliphatic rings. The zero-order valence-corrected chi connectivity index (χ0v) is 13.3. The summed E-state index contributed by atoms with van der Waals surface area (Å²) in [4.78, 5) is 13.2. The van der Waals surface area contributed by atoms with E-state index in [2.05, 4.69) is 5.32 Å². The molecule has 2 aromatic carbocycles. The predicted octanol–water partition coefficient (Wildman–Crippen LogP) is 3.10. The second-order valence-electron chi connectivity index (χ2n) is 6.08. The smallest absolute Gasteiger partial charge is 0.235 e. The lowest BCUT2D eigenvalue weighted by atomic mass is 9.73. The molecule has 1 N–H and O–H groups in total. The number of carbonyl (C=O) groups excluding carboxylic acids is 1. The van der Waals surface area contributed by atoms with Gasteiger partial charge in [-0.15, -0.1) is 0 Å². The molecule has 1 fully saturated rings. The van der Waals surface area contributed by atoms with Crippen molar-refractivity contribution in [1.29, 1.82) is 0 Å². The minimum Gasteiger partial charge on any atom is -0.454 e. The third kappa shape index (κ3) is 2.61. The van der Waals surface area contributed by atoms with Crippen LogP contribution in [0.15, 0.2) is 48.5 Å². The second-order valence-corrected chi connectivity index (χ2v) is 6.08. The zero-order chi connectivity index (χ0) is 16.4. The minimum atomic E-state index is -0.560. The summed E-state index contributed by atoms with van der Waals surface area (Å²) < 4.78 is 16.2. The molecule has 0 atom stereocenters. The quantitative estimate of drug-likeness (QED) is 0.942. The van der Waals surface area contributed by atoms with Crippen LogP contribution in [0.2, 0.25) is 0 Å². The van der Waals surface area contributed by atoms with Crippen LogP contribution >= 0.6 is 0 Å². The Morgan fingerprint density at radius 2 is 1.71 bits per heavy atom. The van der Waals surface area contributed by atoms with Gasteiger partial charge in [-0.1, -0.05) is 30.3 Å². The van der Waals surface area contributed by atoms with E-state index in [1.165, 1.54) is 0 Å². The monoisotopic (exact) mass is 325 g/mol. The van der Waals surface area contributed by atoms with Gasteiger partial charge in [0.25, 0.3) is 0 Å². The fraction of sp³-hybridized carbons (Fsp3) is 0.316. The molecule has 2 heterocycles. The number of ether oxygens (including phenoxy) is 3. The van der Waals surface area contributed by atoms with Crippen molar-refractivity contribution in [2.24, 2.45) is 0 Å². The highest BCUT2D eigenvalue weighted by molar-refractivity contribution is 5.99. The van der Waals surface area contributed by atoms with Crippen molar-refractivity contribution in [1.82, 2.24) is 0 Å². The molecule has 0 bridgehead atoms. The maximum atomic E-state index is 13.2. The molecule has 124 valence electrons. The van der Waals surface area contributed by atoms with Crippen molar-refractivity contribution in [2.45, 2.75) is 18.3 Å². The van der Waals surface area contributed by atoms with E-state index in [-0.39, 0.29) is 12.7 Å². The largest absolute Gasteiger partial charge is 0.454 e. The number of anilines is 1. The molecule has 2 aliphatic heterocycles. The second kappa shape index (κ2) is 6.17. The number of nitrogens with one attached hydrogen (secondary N) is 1. The molecule has 0 spiro atoms. The standard InChI is InChI=1S/C19H19NO4/c21-18(20-15-6-7-16-17(12-15)24-13-23-16)19(8-10-22-11-9-19)14-4-2-1-3-5-14/h1-7,12H,8-11,13H2,(H,20,21). The highest BCUT2D eigenvalue weighted by Gasteiger charge is 2.41. The van der Waals surface area contributed by atoms with Gasteiger partial charge in [0.1, 0.15) is 0 Å². The molecule has 5 nitrogen and oxygen atoms in total. The molecule has 4 rings (SSSR count). The fourth-order valence-electron chi connectivity index (χ4n) is 3.35. The topological polar surface area (TPSA) is 56.8 Å². The van der Waals surface area contributed by atoms with Crippen LogP contribution in [0.5, 0.6) is 11.5 Å². The fourth-order valence-corrected chi connectivity index (χ4v) is 3.35. The van der Waals surface area contributed by atoms with E-state index in [0.29, 0.717) is 43.2 Å². The van der Waals surface area contributed by atoms with Gasteiger partial charge in [-0.3, -0.25) is 4.79 Å². The first-order valence-corrected chi connectivity index (χ1v) is 8.12. The molecule has 2 aromatic rings. The average molecular weight is 325 g/mol. The summed E-state index contributed by atoms with van der Waals surface area (Å²) in [6.45, 7) is 1.39. The molecule has 0 radical (unpaired) electrons. The Morgan fingerprint density at radius 1 is 0.958 bits per heavy atom. The van der Waals surface area contributed by atoms with Crippen molar-refractivity contribution >= 4 is 11.6 Å². The molecule has 1 amide bonds. The van der Waals surface area contributed by atoms with Crippen molar-refractivity contribution in [2.75, 3.05) is 25.3 Å². The molecular weight excluding hydrogens is 306 g/mol. The number of hydrogen-bond donors (Lipinski definition) is 1. The van der Waals surface area contributed by atoms with Crippen LogP contribution in [0.4, 0.5) is 5.69 Å². The van der Waals surface area contributed by atoms with Crippen LogP contribution in [-0.4, -0.2) is 25.9 Å². The van der Waals surface area contributed by atoms with Gasteiger partial charge in [-0.05, 0) is 30.5 Å². The molecule has 0 saturated carbocycles. The van der Waals surface area contributed by atoms with Crippen LogP contribution in [0.3, 0.4) is 0 Å². The van der Waals surface area contributed by atoms with E-state index < -0.39 is 5.41 Å². The van der Waals surface area contributed by atoms with Gasteiger partial charge in [-0.25, -0.2) is 0 Å². The van der Waals surface area contributed by atoms with Gasteiger partial charge < -0.3 is 19.5 Å². The number of carbonyl (C=O) groups is 1. The number of fused-ring (bicyclic) bond motifs is 1. The van der Waals surface area contributed by atoms with Crippen LogP contribution in [0, 0.1) is 0 Å². The lowest BCUT2D eigenvalue weighted by Gasteiger charge is -2.36. The predicted molar refractivity (Wildman–Crippen MR) is 89.4 cm³/mol. The van der Waals surface area contributed by atoms with Crippen LogP contribution in [0.1, 0.15) is 18.4 Å². The van der Waals surface area contributed by atoms with Crippen LogP contribution in [-0.2, 0) is 14.9 Å². The average Bonchev–Trinajstić information content (AvgIpc) is 3.11. The van der Waals surface area contributed by atoms with E-state index in [0.717, 1.165) is 5.56 Å². The summed E-state index contributed by atoms with van der Waals surface area (Å²) in [6, 6.07) is 15.4. The zero-order valence-electron chi connectivity index (χ0n) is 13.3. The highest BCUT2D eigenvalue weighted by Crippen LogP contribution is 2.38. The Hall–Kier alpha value is -2.53. The summed E-state index contributed by atoms with van der Waals surface area (Å²) in [7, 11) is 0. The molecule has 1 saturated heterocycles. The van der Waals surface area contributed by atoms with E-state index in [1.54, 1.807) is 6.07 Å². The summed E-state index contributed by atoms with van der Waals surface area (Å²) in [5, 5.41) is 3.05. The third-order valence-electron chi connectivity index (χ3n) is 4.74. The first kappa shape index (κ1) is 15.0. The summed E-state index contributed by atoms with van der Waals surface area (Å²) in [5.74, 6) is 1.36. The molecular formula is C19H19NO4. The molecule has 0 aliphatic carbocycles. The van der Waals surface area contributed by atoms with Gasteiger partial charge in [0.15, 0.2) is 11.5 Å². The number of amides is 1. The number of benzene rings is 2. The van der Waals surface area contributed by atoms with Crippen molar-refractivity contribution in [3.63, 3.8) is 0 Å². The Bertz CT molecular complexity index is 738. The minimum absolute atomic E-state index is 0.00383. The molecule has 0 aromatic heterocycles. The van der Waals surface area contributed by atoms with Gasteiger partial charge in [0.2, 0.25) is 12.7 Å². The Kier molecular flexibility index (Phi) is 3.86. The van der Waals surface area contributed by atoms with E-state index in [1.807, 2.05) is 42.5 Å². The van der Waals surface area contributed by atoms with Crippen molar-refractivity contribution in [3.05, 3.63) is 54.1 Å². The van der Waals surface area contributed by atoms with Crippen molar-refractivity contribution < 1.29 is 19.0 Å². The maximum Gasteiger partial charge on any atom is 0.235 e. The van der Waals surface area contributed by atoms with E-state index in [9.17, 15) is 4.79 Å².